The summed E-state index contributed by atoms with van der Waals surface area (Å²) in [5.41, 5.74) is 2.85. The van der Waals surface area contributed by atoms with Crippen LogP contribution in [0, 0.1) is 0 Å². The lowest BCUT2D eigenvalue weighted by molar-refractivity contribution is 1.27. The molecule has 2 aromatic carbocycles. The monoisotopic (exact) mass is 470 g/mol. The van der Waals surface area contributed by atoms with Crippen molar-refractivity contribution in [2.24, 2.45) is 0 Å². The fourth-order valence-electron chi connectivity index (χ4n) is 3.47. The van der Waals surface area contributed by atoms with Crippen molar-refractivity contribution >= 4 is 69.7 Å². The Balaban J connectivity index is 1.34. The largest absolute Gasteiger partial charge is 0.146 e. The van der Waals surface area contributed by atoms with E-state index in [9.17, 15) is 0 Å². The average Bonchev–Trinajstić information content (AvgIpc) is 3.51. The maximum absolute atomic E-state index is 2.33. The van der Waals surface area contributed by atoms with E-state index in [0.717, 1.165) is 0 Å². The molecule has 0 aliphatic carbocycles. The van der Waals surface area contributed by atoms with Gasteiger partial charge in [-0.05, 0) is 58.3 Å². The summed E-state index contributed by atoms with van der Waals surface area (Å²) in [5.74, 6) is 0. The van der Waals surface area contributed by atoms with E-state index in [1.54, 1.807) is 0 Å². The Hall–Kier alpha value is -0.760. The van der Waals surface area contributed by atoms with Gasteiger partial charge in [-0.25, -0.2) is 0 Å². The molecule has 28 heavy (non-hydrogen) atoms. The van der Waals surface area contributed by atoms with Crippen LogP contribution in [0.4, 0.5) is 0 Å². The van der Waals surface area contributed by atoms with Crippen molar-refractivity contribution in [1.82, 2.24) is 0 Å². The second kappa shape index (κ2) is 7.49. The quantitative estimate of drug-likeness (QED) is 0.292. The molecule has 0 fully saturated rings. The lowest BCUT2D eigenvalue weighted by Crippen LogP contribution is -1.88. The molecule has 6 heteroatoms. The Morgan fingerprint density at radius 1 is 0.464 bits per heavy atom. The van der Waals surface area contributed by atoms with Crippen LogP contribution >= 0.6 is 69.7 Å². The first-order valence-corrected chi connectivity index (χ1v) is 14.1. The molecule has 4 heterocycles. The minimum absolute atomic E-state index is 0.459. The molecule has 0 saturated carbocycles. The molecule has 0 radical (unpaired) electrons. The molecular weight excluding hydrogens is 457 g/mol. The molecule has 6 rings (SSSR count). The van der Waals surface area contributed by atoms with Crippen molar-refractivity contribution in [1.29, 1.82) is 0 Å². The smallest absolute Gasteiger partial charge is 0.0944 e. The van der Waals surface area contributed by atoms with E-state index in [0.29, 0.717) is 9.16 Å². The standard InChI is InChI=1S/C22H14S6/c1-2-6-16-15(5-1)25-21(26-16)19-13(9-11-23-19)14-10-12-24-20(14)22-27-17-7-3-4-8-18(17)28-22/h1-12,21-22H. The topological polar surface area (TPSA) is 0 Å². The summed E-state index contributed by atoms with van der Waals surface area (Å²) in [7, 11) is 0. The van der Waals surface area contributed by atoms with Gasteiger partial charge in [-0.1, -0.05) is 24.3 Å². The predicted molar refractivity (Wildman–Crippen MR) is 129 cm³/mol. The number of rotatable bonds is 3. The first kappa shape index (κ1) is 18.0. The maximum atomic E-state index is 2.33. The number of fused-ring (bicyclic) bond motifs is 2. The molecule has 0 N–H and O–H groups in total. The molecule has 0 unspecified atom stereocenters. The molecule has 2 aliphatic rings. The van der Waals surface area contributed by atoms with Gasteiger partial charge in [0.15, 0.2) is 0 Å². The van der Waals surface area contributed by atoms with Gasteiger partial charge in [0.2, 0.25) is 0 Å². The summed E-state index contributed by atoms with van der Waals surface area (Å²) in [6, 6.07) is 22.2. The molecule has 0 amide bonds. The predicted octanol–water partition coefficient (Wildman–Crippen LogP) is 9.27. The van der Waals surface area contributed by atoms with E-state index in [2.05, 4.69) is 71.4 Å². The van der Waals surface area contributed by atoms with Gasteiger partial charge in [-0.2, -0.15) is 0 Å². The van der Waals surface area contributed by atoms with Gasteiger partial charge in [-0.15, -0.1) is 69.7 Å². The Labute approximate surface area is 189 Å². The van der Waals surface area contributed by atoms with Crippen LogP contribution in [-0.4, -0.2) is 0 Å². The Morgan fingerprint density at radius 3 is 1.18 bits per heavy atom. The number of hydrogen-bond donors (Lipinski definition) is 0. The van der Waals surface area contributed by atoms with Gasteiger partial charge in [-0.3, -0.25) is 0 Å². The van der Waals surface area contributed by atoms with Crippen LogP contribution in [0.25, 0.3) is 11.1 Å². The minimum Gasteiger partial charge on any atom is -0.146 e. The van der Waals surface area contributed by atoms with Crippen LogP contribution in [0.1, 0.15) is 18.9 Å². The number of thioether (sulfide) groups is 4. The van der Waals surface area contributed by atoms with Crippen molar-refractivity contribution in [3.05, 3.63) is 81.2 Å². The first-order chi connectivity index (χ1) is 13.9. The summed E-state index contributed by atoms with van der Waals surface area (Å²) < 4.78 is 0.919. The zero-order valence-corrected chi connectivity index (χ0v) is 19.4. The Morgan fingerprint density at radius 2 is 0.821 bits per heavy atom. The van der Waals surface area contributed by atoms with Crippen LogP contribution in [0.2, 0.25) is 0 Å². The third kappa shape index (κ3) is 3.09. The maximum Gasteiger partial charge on any atom is 0.0944 e. The number of hydrogen-bond acceptors (Lipinski definition) is 6. The van der Waals surface area contributed by atoms with E-state index in [4.69, 9.17) is 0 Å². The van der Waals surface area contributed by atoms with Crippen LogP contribution in [0.3, 0.4) is 0 Å². The van der Waals surface area contributed by atoms with Crippen LogP contribution < -0.4 is 0 Å². The van der Waals surface area contributed by atoms with Crippen LogP contribution in [0.15, 0.2) is 91.0 Å². The minimum atomic E-state index is 0.459. The van der Waals surface area contributed by atoms with E-state index in [1.165, 1.54) is 40.5 Å². The molecule has 0 bridgehead atoms. The Kier molecular flexibility index (Phi) is 4.83. The van der Waals surface area contributed by atoms with Gasteiger partial charge in [0.1, 0.15) is 0 Å². The normalized spacial score (nSPS) is 16.4. The second-order valence-electron chi connectivity index (χ2n) is 6.43. The summed E-state index contributed by atoms with van der Waals surface area (Å²) >= 11 is 11.8. The van der Waals surface area contributed by atoms with Crippen molar-refractivity contribution < 1.29 is 0 Å². The molecule has 0 nitrogen and oxygen atoms in total. The molecule has 0 atom stereocenters. The van der Waals surface area contributed by atoms with Gasteiger partial charge < -0.3 is 0 Å². The van der Waals surface area contributed by atoms with E-state index in [1.807, 2.05) is 69.7 Å². The molecular formula is C22H14S6. The fraction of sp³-hybridized carbons (Fsp3) is 0.0909. The van der Waals surface area contributed by atoms with E-state index in [-0.39, 0.29) is 0 Å². The second-order valence-corrected chi connectivity index (χ2v) is 13.5. The summed E-state index contributed by atoms with van der Waals surface area (Å²) in [5, 5.41) is 4.53. The number of thiophene rings is 2. The lowest BCUT2D eigenvalue weighted by Gasteiger charge is -2.13. The SMILES string of the molecule is c1ccc2c(c1)SC(c1sccc1-c1ccsc1C1Sc3ccccc3S1)S2. The van der Waals surface area contributed by atoms with Crippen LogP contribution in [0.5, 0.6) is 0 Å². The van der Waals surface area contributed by atoms with Crippen molar-refractivity contribution in [2.75, 3.05) is 0 Å². The van der Waals surface area contributed by atoms with Crippen LogP contribution in [-0.2, 0) is 0 Å². The molecule has 2 aromatic heterocycles. The zero-order valence-electron chi connectivity index (χ0n) is 14.5. The van der Waals surface area contributed by atoms with Gasteiger partial charge in [0.25, 0.3) is 0 Å². The van der Waals surface area contributed by atoms with Gasteiger partial charge in [0.05, 0.1) is 9.16 Å². The van der Waals surface area contributed by atoms with E-state index < -0.39 is 0 Å². The molecule has 4 aromatic rings. The molecule has 0 spiro atoms. The zero-order chi connectivity index (χ0) is 18.5. The average molecular weight is 471 g/mol. The van der Waals surface area contributed by atoms with Crippen molar-refractivity contribution in [3.8, 4) is 11.1 Å². The molecule has 0 saturated heterocycles. The van der Waals surface area contributed by atoms with E-state index >= 15 is 0 Å². The summed E-state index contributed by atoms with van der Waals surface area (Å²) in [4.78, 5) is 8.66. The Bertz CT molecular complexity index is 1020. The van der Waals surface area contributed by atoms with Gasteiger partial charge in [0, 0.05) is 29.3 Å². The van der Waals surface area contributed by atoms with Gasteiger partial charge >= 0.3 is 0 Å². The third-order valence-electron chi connectivity index (χ3n) is 4.74. The molecule has 2 aliphatic heterocycles. The number of benzene rings is 2. The lowest BCUT2D eigenvalue weighted by atomic mass is 10.1. The first-order valence-electron chi connectivity index (χ1n) is 8.87. The highest BCUT2D eigenvalue weighted by Crippen LogP contribution is 2.62. The third-order valence-corrected chi connectivity index (χ3v) is 13.0. The molecule has 138 valence electrons. The van der Waals surface area contributed by atoms with Crippen molar-refractivity contribution in [2.45, 2.75) is 28.7 Å². The highest BCUT2D eigenvalue weighted by molar-refractivity contribution is 8.19. The fourth-order valence-corrected chi connectivity index (χ4v) is 11.7. The van der Waals surface area contributed by atoms with Crippen molar-refractivity contribution in [3.63, 3.8) is 0 Å². The highest BCUT2D eigenvalue weighted by Gasteiger charge is 2.31. The summed E-state index contributed by atoms with van der Waals surface area (Å²) in [6.45, 7) is 0. The summed E-state index contributed by atoms with van der Waals surface area (Å²) in [6.07, 6.45) is 0. The highest BCUT2D eigenvalue weighted by atomic mass is 32.2.